The van der Waals surface area contributed by atoms with Crippen LogP contribution in [0.4, 0.5) is 5.82 Å². The van der Waals surface area contributed by atoms with E-state index in [0.717, 1.165) is 18.7 Å². The third-order valence-corrected chi connectivity index (χ3v) is 4.01. The second-order valence-corrected chi connectivity index (χ2v) is 5.37. The maximum Gasteiger partial charge on any atom is 0.165 e. The second kappa shape index (κ2) is 6.65. The lowest BCUT2D eigenvalue weighted by Gasteiger charge is -2.23. The van der Waals surface area contributed by atoms with Crippen molar-refractivity contribution in [2.24, 2.45) is 11.8 Å². The summed E-state index contributed by atoms with van der Waals surface area (Å²) in [6.45, 7) is 6.51. The molecular weight excluding hydrogens is 252 g/mol. The van der Waals surface area contributed by atoms with Gasteiger partial charge in [-0.2, -0.15) is 0 Å². The summed E-state index contributed by atoms with van der Waals surface area (Å²) in [6, 6.07) is 0. The van der Waals surface area contributed by atoms with Crippen LogP contribution in [-0.4, -0.2) is 33.1 Å². The van der Waals surface area contributed by atoms with Crippen LogP contribution in [0.15, 0.2) is 12.7 Å². The molecule has 0 aromatic carbocycles. The van der Waals surface area contributed by atoms with Crippen LogP contribution in [0.3, 0.4) is 0 Å². The molecule has 0 fully saturated rings. The number of anilines is 1. The molecule has 0 aliphatic heterocycles. The van der Waals surface area contributed by atoms with E-state index in [1.54, 1.807) is 0 Å². The van der Waals surface area contributed by atoms with E-state index in [2.05, 4.69) is 38.7 Å². The van der Waals surface area contributed by atoms with Crippen molar-refractivity contribution >= 4 is 17.0 Å². The molecular formula is C14H24N6. The number of imidazole rings is 1. The second-order valence-electron chi connectivity index (χ2n) is 5.37. The highest BCUT2D eigenvalue weighted by Crippen LogP contribution is 2.23. The lowest BCUT2D eigenvalue weighted by molar-refractivity contribution is 0.292. The minimum Gasteiger partial charge on any atom is -0.382 e. The molecule has 0 amide bonds. The number of hydrogen-bond donors (Lipinski definition) is 2. The molecule has 2 atom stereocenters. The predicted octanol–water partition coefficient (Wildman–Crippen LogP) is 1.68. The van der Waals surface area contributed by atoms with Crippen molar-refractivity contribution in [1.29, 1.82) is 0 Å². The third-order valence-electron chi connectivity index (χ3n) is 4.01. The molecule has 0 aliphatic carbocycles. The smallest absolute Gasteiger partial charge is 0.165 e. The first kappa shape index (κ1) is 14.7. The summed E-state index contributed by atoms with van der Waals surface area (Å²) in [6.07, 6.45) is 5.69. The van der Waals surface area contributed by atoms with Crippen LogP contribution in [0.25, 0.3) is 11.2 Å². The Bertz CT molecular complexity index is 550. The van der Waals surface area contributed by atoms with Crippen molar-refractivity contribution < 1.29 is 0 Å². The Morgan fingerprint density at radius 2 is 2.15 bits per heavy atom. The maximum atomic E-state index is 5.82. The van der Waals surface area contributed by atoms with Gasteiger partial charge in [0.25, 0.3) is 0 Å². The van der Waals surface area contributed by atoms with Gasteiger partial charge in [-0.3, -0.25) is 0 Å². The van der Waals surface area contributed by atoms with Gasteiger partial charge in [-0.15, -0.1) is 0 Å². The molecule has 0 saturated heterocycles. The molecule has 6 nitrogen and oxygen atoms in total. The van der Waals surface area contributed by atoms with Crippen LogP contribution in [0, 0.1) is 11.8 Å². The number of aromatic nitrogens is 4. The summed E-state index contributed by atoms with van der Waals surface area (Å²) in [5.74, 6) is 1.71. The Balaban J connectivity index is 2.13. The fourth-order valence-corrected chi connectivity index (χ4v) is 2.71. The normalized spacial score (nSPS) is 14.6. The summed E-state index contributed by atoms with van der Waals surface area (Å²) in [5.41, 5.74) is 7.34. The molecule has 2 rings (SSSR count). The minimum absolute atomic E-state index is 0.448. The van der Waals surface area contributed by atoms with E-state index in [-0.39, 0.29) is 0 Å². The first-order valence-corrected chi connectivity index (χ1v) is 7.23. The largest absolute Gasteiger partial charge is 0.382 e. The number of fused-ring (bicyclic) bond motifs is 1. The Morgan fingerprint density at radius 3 is 2.85 bits per heavy atom. The molecule has 20 heavy (non-hydrogen) atoms. The van der Waals surface area contributed by atoms with Crippen molar-refractivity contribution in [1.82, 2.24) is 24.8 Å². The zero-order valence-electron chi connectivity index (χ0n) is 12.5. The maximum absolute atomic E-state index is 5.82. The van der Waals surface area contributed by atoms with Crippen LogP contribution in [-0.2, 0) is 6.54 Å². The van der Waals surface area contributed by atoms with E-state index in [1.165, 1.54) is 19.2 Å². The molecule has 6 heteroatoms. The molecule has 2 unspecified atom stereocenters. The van der Waals surface area contributed by atoms with Gasteiger partial charge >= 0.3 is 0 Å². The van der Waals surface area contributed by atoms with E-state index in [0.29, 0.717) is 23.2 Å². The molecule has 0 radical (unpaired) electrons. The minimum atomic E-state index is 0.448. The third kappa shape index (κ3) is 3.07. The van der Waals surface area contributed by atoms with Crippen LogP contribution >= 0.6 is 0 Å². The zero-order valence-corrected chi connectivity index (χ0v) is 12.5. The van der Waals surface area contributed by atoms with Gasteiger partial charge in [0.1, 0.15) is 11.8 Å². The number of nitrogens with two attached hydrogens (primary N) is 1. The van der Waals surface area contributed by atoms with Gasteiger partial charge in [-0.1, -0.05) is 20.3 Å². The van der Waals surface area contributed by atoms with Crippen molar-refractivity contribution in [2.45, 2.75) is 33.2 Å². The Morgan fingerprint density at radius 1 is 1.35 bits per heavy atom. The summed E-state index contributed by atoms with van der Waals surface area (Å²) in [7, 11) is 2.00. The molecule has 0 spiro atoms. The van der Waals surface area contributed by atoms with E-state index in [9.17, 15) is 0 Å². The summed E-state index contributed by atoms with van der Waals surface area (Å²) in [5, 5.41) is 3.23. The molecule has 0 bridgehead atoms. The van der Waals surface area contributed by atoms with Gasteiger partial charge in [0.05, 0.1) is 6.33 Å². The zero-order chi connectivity index (χ0) is 14.5. The van der Waals surface area contributed by atoms with Gasteiger partial charge in [0.15, 0.2) is 11.5 Å². The van der Waals surface area contributed by atoms with Gasteiger partial charge in [-0.25, -0.2) is 15.0 Å². The lowest BCUT2D eigenvalue weighted by atomic mass is 9.88. The number of nitrogen functional groups attached to an aromatic ring is 1. The van der Waals surface area contributed by atoms with E-state index < -0.39 is 0 Å². The number of nitrogens with one attached hydrogen (secondary N) is 1. The van der Waals surface area contributed by atoms with Gasteiger partial charge in [0, 0.05) is 6.54 Å². The number of hydrogen-bond acceptors (Lipinski definition) is 5. The van der Waals surface area contributed by atoms with Gasteiger partial charge < -0.3 is 15.6 Å². The molecule has 3 N–H and O–H groups in total. The number of rotatable bonds is 7. The van der Waals surface area contributed by atoms with Crippen LogP contribution in [0.1, 0.15) is 26.7 Å². The summed E-state index contributed by atoms with van der Waals surface area (Å²) < 4.78 is 2.08. The highest BCUT2D eigenvalue weighted by atomic mass is 15.1. The Kier molecular flexibility index (Phi) is 4.89. The van der Waals surface area contributed by atoms with E-state index in [4.69, 9.17) is 5.73 Å². The van der Waals surface area contributed by atoms with Crippen molar-refractivity contribution in [2.75, 3.05) is 19.3 Å². The summed E-state index contributed by atoms with van der Waals surface area (Å²) >= 11 is 0. The standard InChI is InChI=1S/C14H24N6/c1-4-11(5-6-16-3)10(2)7-20-9-19-12-13(15)17-8-18-14(12)20/h8-11,16H,4-7H2,1-3H3,(H2,15,17,18). The fourth-order valence-electron chi connectivity index (χ4n) is 2.71. The highest BCUT2D eigenvalue weighted by Gasteiger charge is 2.17. The molecule has 2 heterocycles. The van der Waals surface area contributed by atoms with Crippen molar-refractivity contribution in [3.63, 3.8) is 0 Å². The SMILES string of the molecule is CCC(CCNC)C(C)Cn1cnc2c(N)ncnc21. The summed E-state index contributed by atoms with van der Waals surface area (Å²) in [4.78, 5) is 12.6. The molecule has 2 aromatic rings. The average Bonchev–Trinajstić information content (AvgIpc) is 2.84. The van der Waals surface area contributed by atoms with E-state index >= 15 is 0 Å². The van der Waals surface area contributed by atoms with Gasteiger partial charge in [0.2, 0.25) is 0 Å². The van der Waals surface area contributed by atoms with Crippen LogP contribution in [0.2, 0.25) is 0 Å². The molecule has 0 aliphatic rings. The highest BCUT2D eigenvalue weighted by molar-refractivity contribution is 5.81. The first-order chi connectivity index (χ1) is 9.67. The molecule has 0 saturated carbocycles. The predicted molar refractivity (Wildman–Crippen MR) is 81.2 cm³/mol. The molecule has 2 aromatic heterocycles. The van der Waals surface area contributed by atoms with Gasteiger partial charge in [-0.05, 0) is 31.8 Å². The average molecular weight is 276 g/mol. The van der Waals surface area contributed by atoms with Crippen LogP contribution < -0.4 is 11.1 Å². The van der Waals surface area contributed by atoms with E-state index in [1.807, 2.05) is 13.4 Å². The van der Waals surface area contributed by atoms with Crippen molar-refractivity contribution in [3.05, 3.63) is 12.7 Å². The number of nitrogens with zero attached hydrogens (tertiary/aromatic N) is 4. The lowest BCUT2D eigenvalue weighted by Crippen LogP contribution is -2.21. The quantitative estimate of drug-likeness (QED) is 0.804. The fraction of sp³-hybridized carbons (Fsp3) is 0.643. The first-order valence-electron chi connectivity index (χ1n) is 7.23. The monoisotopic (exact) mass is 276 g/mol. The van der Waals surface area contributed by atoms with Crippen LogP contribution in [0.5, 0.6) is 0 Å². The topological polar surface area (TPSA) is 81.7 Å². The van der Waals surface area contributed by atoms with Crippen molar-refractivity contribution in [3.8, 4) is 0 Å². The Labute approximate surface area is 119 Å². The molecule has 110 valence electrons. The Hall–Kier alpha value is -1.69.